The number of aromatic amines is 1. The van der Waals surface area contributed by atoms with Crippen molar-refractivity contribution in [3.05, 3.63) is 77.7 Å². The van der Waals surface area contributed by atoms with Gasteiger partial charge in [-0.05, 0) is 40.5 Å². The fourth-order valence-electron chi connectivity index (χ4n) is 3.93. The average molecular weight is 428 g/mol. The van der Waals surface area contributed by atoms with Crippen molar-refractivity contribution >= 4 is 11.2 Å². The molecular formula is C24H27N8+. The molecule has 162 valence electrons. The highest BCUT2D eigenvalue weighted by atomic mass is 15.5. The van der Waals surface area contributed by atoms with Crippen molar-refractivity contribution < 1.29 is 0 Å². The minimum absolute atomic E-state index is 0. The standard InChI is InChI=1S/C24H23N7.H3N/c1-15(2)23-26-21-16(3)12-13-25-24(21)31(23)14-17-8-10-18(11-9-17)19-6-4-5-7-20(19)22-27-29-30-28-22;/h4-13,15H,14H2,1-3H3,(H,27,28,29,30);1H3/p+1. The number of aryl methyl sites for hydroxylation is 1. The van der Waals surface area contributed by atoms with Gasteiger partial charge in [0, 0.05) is 17.7 Å². The van der Waals surface area contributed by atoms with Gasteiger partial charge in [0.15, 0.2) is 5.65 Å². The number of tetrazole rings is 1. The van der Waals surface area contributed by atoms with Crippen LogP contribution in [0.15, 0.2) is 60.8 Å². The Labute approximate surface area is 186 Å². The molecule has 0 atom stereocenters. The van der Waals surface area contributed by atoms with Gasteiger partial charge < -0.3 is 10.7 Å². The Hall–Kier alpha value is -3.91. The second kappa shape index (κ2) is 8.68. The first-order chi connectivity index (χ1) is 15.1. The van der Waals surface area contributed by atoms with Crippen LogP contribution in [-0.4, -0.2) is 35.2 Å². The van der Waals surface area contributed by atoms with Gasteiger partial charge in [-0.25, -0.2) is 9.97 Å². The minimum Gasteiger partial charge on any atom is -0.369 e. The predicted octanol–water partition coefficient (Wildman–Crippen LogP) is 5.13. The van der Waals surface area contributed by atoms with Crippen molar-refractivity contribution in [1.29, 1.82) is 0 Å². The van der Waals surface area contributed by atoms with E-state index < -0.39 is 0 Å². The molecule has 0 saturated carbocycles. The number of imidazole rings is 1. The summed E-state index contributed by atoms with van der Waals surface area (Å²) in [5, 5.41) is 14.5. The Kier molecular flexibility index (Phi) is 5.79. The summed E-state index contributed by atoms with van der Waals surface area (Å²) in [6.07, 6.45) is 1.86. The molecule has 3 heterocycles. The Bertz CT molecular complexity index is 1330. The number of fused-ring (bicyclic) bond motifs is 1. The summed E-state index contributed by atoms with van der Waals surface area (Å²) < 4.78 is 2.23. The molecule has 5 N–H and O–H groups in total. The van der Waals surface area contributed by atoms with Gasteiger partial charge in [-0.15, -0.1) is 10.2 Å². The number of rotatable bonds is 5. The molecule has 0 aliphatic carbocycles. The maximum Gasteiger partial charge on any atom is 0.205 e. The molecular weight excluding hydrogens is 400 g/mol. The van der Waals surface area contributed by atoms with Crippen LogP contribution in [0.2, 0.25) is 0 Å². The number of aromatic nitrogens is 7. The van der Waals surface area contributed by atoms with Gasteiger partial charge in [-0.3, -0.25) is 0 Å². The van der Waals surface area contributed by atoms with E-state index in [1.165, 1.54) is 5.56 Å². The average Bonchev–Trinajstić information content (AvgIpc) is 3.44. The van der Waals surface area contributed by atoms with Gasteiger partial charge in [-0.2, -0.15) is 5.21 Å². The maximum absolute atomic E-state index is 4.89. The van der Waals surface area contributed by atoms with E-state index in [0.717, 1.165) is 45.8 Å². The highest BCUT2D eigenvalue weighted by Gasteiger charge is 2.16. The highest BCUT2D eigenvalue weighted by Crippen LogP contribution is 2.30. The van der Waals surface area contributed by atoms with Crippen molar-refractivity contribution in [1.82, 2.24) is 41.3 Å². The molecule has 5 aromatic rings. The van der Waals surface area contributed by atoms with Crippen LogP contribution in [-0.2, 0) is 6.54 Å². The third-order valence-corrected chi connectivity index (χ3v) is 5.50. The first-order valence-electron chi connectivity index (χ1n) is 10.4. The normalized spacial score (nSPS) is 11.1. The number of H-pyrrole nitrogens is 1. The van der Waals surface area contributed by atoms with Crippen molar-refractivity contribution in [2.45, 2.75) is 33.2 Å². The second-order valence-corrected chi connectivity index (χ2v) is 7.99. The van der Waals surface area contributed by atoms with E-state index >= 15 is 0 Å². The van der Waals surface area contributed by atoms with Gasteiger partial charge in [0.05, 0.1) is 6.54 Å². The monoisotopic (exact) mass is 427 g/mol. The molecule has 0 unspecified atom stereocenters. The SMILES string of the molecule is Cc1ccnc2c1nc(C(C)C)n2Cc1ccc(-c2ccccc2-c2nn[nH]n2)cc1.[NH4+]. The van der Waals surface area contributed by atoms with E-state index in [-0.39, 0.29) is 6.15 Å². The molecule has 0 fully saturated rings. The fraction of sp³-hybridized carbons (Fsp3) is 0.208. The summed E-state index contributed by atoms with van der Waals surface area (Å²) >= 11 is 0. The van der Waals surface area contributed by atoms with Gasteiger partial charge in [0.2, 0.25) is 5.82 Å². The lowest BCUT2D eigenvalue weighted by molar-refractivity contribution is 0.679. The van der Waals surface area contributed by atoms with Crippen LogP contribution in [0, 0.1) is 6.92 Å². The quantitative estimate of drug-likeness (QED) is 0.402. The summed E-state index contributed by atoms with van der Waals surface area (Å²) in [6, 6.07) is 18.7. The Morgan fingerprint density at radius 1 is 0.969 bits per heavy atom. The molecule has 0 aliphatic rings. The predicted molar refractivity (Wildman–Crippen MR) is 126 cm³/mol. The molecule has 0 amide bonds. The molecule has 5 rings (SSSR count). The van der Waals surface area contributed by atoms with E-state index in [2.05, 4.69) is 81.3 Å². The molecule has 8 heteroatoms. The first kappa shape index (κ1) is 21.3. The molecule has 0 aliphatic heterocycles. The number of pyridine rings is 1. The van der Waals surface area contributed by atoms with Crippen molar-refractivity contribution in [2.75, 3.05) is 0 Å². The number of hydrogen-bond acceptors (Lipinski definition) is 5. The lowest BCUT2D eigenvalue weighted by Crippen LogP contribution is -2.07. The van der Waals surface area contributed by atoms with Crippen molar-refractivity contribution in [2.24, 2.45) is 0 Å². The van der Waals surface area contributed by atoms with Crippen LogP contribution in [0.5, 0.6) is 0 Å². The summed E-state index contributed by atoms with van der Waals surface area (Å²) in [6.45, 7) is 7.16. The zero-order valence-corrected chi connectivity index (χ0v) is 18.7. The number of nitrogens with zero attached hydrogens (tertiary/aromatic N) is 6. The van der Waals surface area contributed by atoms with Gasteiger partial charge in [0.25, 0.3) is 0 Å². The zero-order valence-electron chi connectivity index (χ0n) is 18.7. The number of quaternary nitrogens is 1. The summed E-state index contributed by atoms with van der Waals surface area (Å²) in [7, 11) is 0. The van der Waals surface area contributed by atoms with E-state index in [1.807, 2.05) is 30.5 Å². The Morgan fingerprint density at radius 2 is 1.72 bits per heavy atom. The van der Waals surface area contributed by atoms with Gasteiger partial charge in [-0.1, -0.05) is 62.4 Å². The molecule has 2 aromatic carbocycles. The van der Waals surface area contributed by atoms with E-state index in [0.29, 0.717) is 11.7 Å². The lowest BCUT2D eigenvalue weighted by atomic mass is 9.98. The van der Waals surface area contributed by atoms with E-state index in [9.17, 15) is 0 Å². The maximum atomic E-state index is 4.89. The topological polar surface area (TPSA) is 122 Å². The smallest absolute Gasteiger partial charge is 0.205 e. The van der Waals surface area contributed by atoms with Crippen LogP contribution >= 0.6 is 0 Å². The third-order valence-electron chi connectivity index (χ3n) is 5.50. The largest absolute Gasteiger partial charge is 0.369 e. The van der Waals surface area contributed by atoms with Crippen molar-refractivity contribution in [3.63, 3.8) is 0 Å². The zero-order chi connectivity index (χ0) is 21.4. The molecule has 32 heavy (non-hydrogen) atoms. The summed E-state index contributed by atoms with van der Waals surface area (Å²) in [4.78, 5) is 9.51. The van der Waals surface area contributed by atoms with Gasteiger partial charge in [0.1, 0.15) is 11.3 Å². The van der Waals surface area contributed by atoms with Crippen LogP contribution in [0.3, 0.4) is 0 Å². The molecule has 0 spiro atoms. The highest BCUT2D eigenvalue weighted by molar-refractivity contribution is 5.80. The molecule has 3 aromatic heterocycles. The summed E-state index contributed by atoms with van der Waals surface area (Å²) in [5.74, 6) is 1.96. The Balaban J connectivity index is 0.00000245. The number of hydrogen-bond donors (Lipinski definition) is 2. The molecule has 0 radical (unpaired) electrons. The fourth-order valence-corrected chi connectivity index (χ4v) is 3.93. The van der Waals surface area contributed by atoms with Crippen molar-refractivity contribution in [3.8, 4) is 22.5 Å². The second-order valence-electron chi connectivity index (χ2n) is 7.99. The van der Waals surface area contributed by atoms with Crippen LogP contribution in [0.25, 0.3) is 33.7 Å². The minimum atomic E-state index is 0. The summed E-state index contributed by atoms with van der Waals surface area (Å²) in [5.41, 5.74) is 7.41. The number of nitrogens with one attached hydrogen (secondary N) is 1. The molecule has 0 bridgehead atoms. The molecule has 8 nitrogen and oxygen atoms in total. The van der Waals surface area contributed by atoms with Crippen LogP contribution in [0.4, 0.5) is 0 Å². The van der Waals surface area contributed by atoms with Crippen LogP contribution in [0.1, 0.15) is 36.7 Å². The van der Waals surface area contributed by atoms with Crippen LogP contribution < -0.4 is 6.15 Å². The number of benzene rings is 2. The lowest BCUT2D eigenvalue weighted by Gasteiger charge is -2.12. The van der Waals surface area contributed by atoms with E-state index in [1.54, 1.807) is 0 Å². The van der Waals surface area contributed by atoms with E-state index in [4.69, 9.17) is 4.98 Å². The third kappa shape index (κ3) is 3.76. The molecule has 0 saturated heterocycles. The van der Waals surface area contributed by atoms with Gasteiger partial charge >= 0.3 is 0 Å². The first-order valence-corrected chi connectivity index (χ1v) is 10.4. The Morgan fingerprint density at radius 3 is 2.41 bits per heavy atom.